The highest BCUT2D eigenvalue weighted by Gasteiger charge is 2.24. The summed E-state index contributed by atoms with van der Waals surface area (Å²) in [4.78, 5) is 24.5. The van der Waals surface area contributed by atoms with Crippen LogP contribution in [-0.2, 0) is 6.54 Å². The van der Waals surface area contributed by atoms with Gasteiger partial charge in [-0.3, -0.25) is 9.59 Å². The Kier molecular flexibility index (Phi) is 4.38. The molecule has 6 heteroatoms. The average Bonchev–Trinajstić information content (AvgIpc) is 3.02. The molecule has 1 heterocycles. The third kappa shape index (κ3) is 3.17. The number of ketones is 1. The highest BCUT2D eigenvalue weighted by molar-refractivity contribution is 6.12. The molecule has 0 aliphatic rings. The molecule has 0 unspecified atom stereocenters. The number of carbonyl (C=O) groups excluding carboxylic acids is 2. The zero-order chi connectivity index (χ0) is 16.9. The van der Waals surface area contributed by atoms with Crippen molar-refractivity contribution in [2.24, 2.45) is 0 Å². The smallest absolute Gasteiger partial charge is 0.275 e. The first-order chi connectivity index (χ1) is 11.7. The molecule has 24 heavy (non-hydrogen) atoms. The molecular weight excluding hydrogens is 306 g/mol. The molecule has 0 aliphatic heterocycles. The fourth-order valence-electron chi connectivity index (χ4n) is 2.21. The third-order valence-electron chi connectivity index (χ3n) is 3.48. The summed E-state index contributed by atoms with van der Waals surface area (Å²) in [5.41, 5.74) is 7.07. The Balaban J connectivity index is 1.75. The molecule has 3 N–H and O–H groups in total. The molecule has 0 bridgehead atoms. The molecule has 3 aromatic rings. The van der Waals surface area contributed by atoms with E-state index in [4.69, 9.17) is 10.3 Å². The molecular formula is C18H15N3O3. The van der Waals surface area contributed by atoms with Crippen molar-refractivity contribution >= 4 is 17.4 Å². The van der Waals surface area contributed by atoms with Gasteiger partial charge in [-0.15, -0.1) is 0 Å². The molecule has 1 amide bonds. The molecule has 0 saturated carbocycles. The van der Waals surface area contributed by atoms with Gasteiger partial charge in [-0.2, -0.15) is 0 Å². The number of carbonyl (C=O) groups is 2. The van der Waals surface area contributed by atoms with Gasteiger partial charge in [0.15, 0.2) is 5.69 Å². The minimum Gasteiger partial charge on any atom is -0.393 e. The van der Waals surface area contributed by atoms with Crippen molar-refractivity contribution in [2.75, 3.05) is 5.73 Å². The number of anilines is 1. The van der Waals surface area contributed by atoms with Crippen LogP contribution >= 0.6 is 0 Å². The van der Waals surface area contributed by atoms with Crippen LogP contribution in [0, 0.1) is 0 Å². The van der Waals surface area contributed by atoms with Crippen LogP contribution in [0.4, 0.5) is 5.69 Å². The summed E-state index contributed by atoms with van der Waals surface area (Å²) in [6, 6.07) is 17.9. The minimum absolute atomic E-state index is 0.0607. The van der Waals surface area contributed by atoms with Gasteiger partial charge in [0.1, 0.15) is 5.69 Å². The van der Waals surface area contributed by atoms with Crippen LogP contribution in [0.2, 0.25) is 0 Å². The Bertz CT molecular complexity index is 858. The molecule has 0 radical (unpaired) electrons. The normalized spacial score (nSPS) is 10.3. The zero-order valence-electron chi connectivity index (χ0n) is 12.7. The van der Waals surface area contributed by atoms with Crippen molar-refractivity contribution in [2.45, 2.75) is 6.54 Å². The maximum Gasteiger partial charge on any atom is 0.275 e. The fourth-order valence-corrected chi connectivity index (χ4v) is 2.21. The van der Waals surface area contributed by atoms with Crippen molar-refractivity contribution in [1.82, 2.24) is 10.5 Å². The molecule has 0 fully saturated rings. The minimum atomic E-state index is -0.493. The van der Waals surface area contributed by atoms with E-state index < -0.39 is 11.7 Å². The Morgan fingerprint density at radius 2 is 1.62 bits per heavy atom. The van der Waals surface area contributed by atoms with Crippen LogP contribution in [0.25, 0.3) is 0 Å². The van der Waals surface area contributed by atoms with Crippen molar-refractivity contribution in [3.05, 3.63) is 83.2 Å². The Morgan fingerprint density at radius 1 is 1.00 bits per heavy atom. The van der Waals surface area contributed by atoms with Crippen LogP contribution in [0.1, 0.15) is 32.2 Å². The second-order valence-electron chi connectivity index (χ2n) is 5.14. The van der Waals surface area contributed by atoms with Crippen molar-refractivity contribution in [3.63, 3.8) is 0 Å². The SMILES string of the molecule is Nc1c(C(=O)NCc2ccccc2)noc1C(=O)c1ccccc1. The topological polar surface area (TPSA) is 98.2 Å². The summed E-state index contributed by atoms with van der Waals surface area (Å²) in [6.07, 6.45) is 0. The molecule has 6 nitrogen and oxygen atoms in total. The molecule has 120 valence electrons. The first-order valence-corrected chi connectivity index (χ1v) is 7.34. The van der Waals surface area contributed by atoms with Gasteiger partial charge >= 0.3 is 0 Å². The quantitative estimate of drug-likeness (QED) is 0.703. The van der Waals surface area contributed by atoms with Gasteiger partial charge in [-0.1, -0.05) is 65.8 Å². The maximum atomic E-state index is 12.3. The number of rotatable bonds is 5. The number of nitrogen functional groups attached to an aromatic ring is 1. The summed E-state index contributed by atoms with van der Waals surface area (Å²) in [6.45, 7) is 0.327. The fraction of sp³-hybridized carbons (Fsp3) is 0.0556. The predicted octanol–water partition coefficient (Wildman–Crippen LogP) is 2.42. The van der Waals surface area contributed by atoms with Gasteiger partial charge in [0.2, 0.25) is 11.5 Å². The zero-order valence-corrected chi connectivity index (χ0v) is 12.7. The van der Waals surface area contributed by atoms with E-state index in [0.717, 1.165) is 5.56 Å². The second kappa shape index (κ2) is 6.78. The highest BCUT2D eigenvalue weighted by atomic mass is 16.5. The van der Waals surface area contributed by atoms with Crippen molar-refractivity contribution < 1.29 is 14.1 Å². The summed E-state index contributed by atoms with van der Waals surface area (Å²) in [5, 5.41) is 6.34. The Labute approximate surface area is 138 Å². The molecule has 0 aliphatic carbocycles. The van der Waals surface area contributed by atoms with Crippen LogP contribution in [0.3, 0.4) is 0 Å². The van der Waals surface area contributed by atoms with Gasteiger partial charge in [-0.25, -0.2) is 0 Å². The molecule has 3 rings (SSSR count). The van der Waals surface area contributed by atoms with E-state index >= 15 is 0 Å². The molecule has 1 aromatic heterocycles. The van der Waals surface area contributed by atoms with Crippen LogP contribution in [0.5, 0.6) is 0 Å². The van der Waals surface area contributed by atoms with E-state index in [-0.39, 0.29) is 17.1 Å². The average molecular weight is 321 g/mol. The lowest BCUT2D eigenvalue weighted by Gasteiger charge is -2.03. The number of nitrogens with zero attached hydrogens (tertiary/aromatic N) is 1. The van der Waals surface area contributed by atoms with Gasteiger partial charge in [-0.05, 0) is 5.56 Å². The maximum absolute atomic E-state index is 12.3. The molecule has 2 aromatic carbocycles. The lowest BCUT2D eigenvalue weighted by Crippen LogP contribution is -2.24. The molecule has 0 spiro atoms. The number of benzene rings is 2. The van der Waals surface area contributed by atoms with Crippen LogP contribution in [-0.4, -0.2) is 16.8 Å². The van der Waals surface area contributed by atoms with Gasteiger partial charge in [0.05, 0.1) is 0 Å². The third-order valence-corrected chi connectivity index (χ3v) is 3.48. The van der Waals surface area contributed by atoms with E-state index in [0.29, 0.717) is 12.1 Å². The van der Waals surface area contributed by atoms with Crippen molar-refractivity contribution in [1.29, 1.82) is 0 Å². The van der Waals surface area contributed by atoms with Crippen LogP contribution in [0.15, 0.2) is 65.2 Å². The van der Waals surface area contributed by atoms with E-state index in [1.54, 1.807) is 30.3 Å². The number of nitrogens with one attached hydrogen (secondary N) is 1. The number of aromatic nitrogens is 1. The number of hydrogen-bond acceptors (Lipinski definition) is 5. The van der Waals surface area contributed by atoms with E-state index in [2.05, 4.69) is 10.5 Å². The first kappa shape index (κ1) is 15.5. The van der Waals surface area contributed by atoms with E-state index in [1.807, 2.05) is 30.3 Å². The monoisotopic (exact) mass is 321 g/mol. The molecule has 0 saturated heterocycles. The van der Waals surface area contributed by atoms with Crippen LogP contribution < -0.4 is 11.1 Å². The second-order valence-corrected chi connectivity index (χ2v) is 5.14. The largest absolute Gasteiger partial charge is 0.393 e. The number of hydrogen-bond donors (Lipinski definition) is 2. The highest BCUT2D eigenvalue weighted by Crippen LogP contribution is 2.20. The summed E-state index contributed by atoms with van der Waals surface area (Å²) < 4.78 is 5.00. The summed E-state index contributed by atoms with van der Waals surface area (Å²) in [7, 11) is 0. The van der Waals surface area contributed by atoms with E-state index in [9.17, 15) is 9.59 Å². The number of amides is 1. The predicted molar refractivity (Wildman–Crippen MR) is 88.4 cm³/mol. The van der Waals surface area contributed by atoms with Gasteiger partial charge in [0, 0.05) is 12.1 Å². The van der Waals surface area contributed by atoms with Crippen molar-refractivity contribution in [3.8, 4) is 0 Å². The molecule has 0 atom stereocenters. The standard InChI is InChI=1S/C18H15N3O3/c19-14-15(18(23)20-11-12-7-3-1-4-8-12)21-24-17(14)16(22)13-9-5-2-6-10-13/h1-10H,11,19H2,(H,20,23). The Morgan fingerprint density at radius 3 is 2.29 bits per heavy atom. The number of nitrogens with two attached hydrogens (primary N) is 1. The lowest BCUT2D eigenvalue weighted by molar-refractivity contribution is 0.0938. The van der Waals surface area contributed by atoms with Gasteiger partial charge < -0.3 is 15.6 Å². The first-order valence-electron chi connectivity index (χ1n) is 7.34. The summed E-state index contributed by atoms with van der Waals surface area (Å²) >= 11 is 0. The Hall–Kier alpha value is -3.41. The lowest BCUT2D eigenvalue weighted by atomic mass is 10.1. The van der Waals surface area contributed by atoms with E-state index in [1.165, 1.54) is 0 Å². The van der Waals surface area contributed by atoms with Gasteiger partial charge in [0.25, 0.3) is 5.91 Å². The summed E-state index contributed by atoms with van der Waals surface area (Å²) in [5.74, 6) is -1.04.